The molecule has 3 N–H and O–H groups in total. The van der Waals surface area contributed by atoms with Crippen LogP contribution in [0.1, 0.15) is 0 Å². The summed E-state index contributed by atoms with van der Waals surface area (Å²) in [6, 6.07) is 25.7. The number of carbonyl (C=O) groups excluding carboxylic acids is 1. The molecule has 0 bridgehead atoms. The van der Waals surface area contributed by atoms with Gasteiger partial charge in [0.05, 0.1) is 37.5 Å². The van der Waals surface area contributed by atoms with Crippen molar-refractivity contribution >= 4 is 73.8 Å². The summed E-state index contributed by atoms with van der Waals surface area (Å²) in [5.74, 6) is 0.931. The van der Waals surface area contributed by atoms with Crippen LogP contribution in [0.5, 0.6) is 11.5 Å². The van der Waals surface area contributed by atoms with Gasteiger partial charge in [0.2, 0.25) is 16.8 Å². The fraction of sp³-hybridized carbons (Fsp3) is 0.100. The average Bonchev–Trinajstić information content (AvgIpc) is 3.01. The van der Waals surface area contributed by atoms with Crippen LogP contribution in [0.4, 0.5) is 34.4 Å². The summed E-state index contributed by atoms with van der Waals surface area (Å²) in [6.45, 7) is -0.0143. The lowest BCUT2D eigenvalue weighted by atomic mass is 10.2. The number of carbonyl (C=O) groups is 1. The van der Waals surface area contributed by atoms with Crippen LogP contribution in [0.15, 0.2) is 91.0 Å². The summed E-state index contributed by atoms with van der Waals surface area (Å²) in [4.78, 5) is 22.0. The van der Waals surface area contributed by atoms with E-state index in [1.807, 2.05) is 6.07 Å². The van der Waals surface area contributed by atoms with Gasteiger partial charge in [-0.1, -0.05) is 29.8 Å². The van der Waals surface area contributed by atoms with Crippen molar-refractivity contribution in [3.05, 3.63) is 96.0 Å². The molecule has 0 atom stereocenters. The van der Waals surface area contributed by atoms with Gasteiger partial charge in [-0.2, -0.15) is 0 Å². The molecule has 1 amide bonds. The largest absolute Gasteiger partial charge is 0.497 e. The Hall–Kier alpha value is -5.07. The van der Waals surface area contributed by atoms with Gasteiger partial charge in [0.1, 0.15) is 11.5 Å². The lowest BCUT2D eigenvalue weighted by molar-refractivity contribution is -0.114. The van der Waals surface area contributed by atoms with Gasteiger partial charge >= 0.3 is 0 Å². The number of nitrogens with one attached hydrogen (secondary N) is 3. The molecule has 0 aliphatic rings. The van der Waals surface area contributed by atoms with Crippen molar-refractivity contribution in [1.29, 1.82) is 0 Å². The van der Waals surface area contributed by atoms with E-state index in [1.165, 1.54) is 14.2 Å². The van der Waals surface area contributed by atoms with E-state index in [9.17, 15) is 13.2 Å². The number of amides is 1. The molecule has 5 rings (SSSR count). The van der Waals surface area contributed by atoms with Gasteiger partial charge in [-0.15, -0.1) is 0 Å². The first-order chi connectivity index (χ1) is 20.8. The molecule has 5 aromatic rings. The first-order valence-electron chi connectivity index (χ1n) is 12.9. The number of rotatable bonds is 11. The molecule has 220 valence electrons. The van der Waals surface area contributed by atoms with Crippen molar-refractivity contribution in [2.45, 2.75) is 0 Å². The summed E-state index contributed by atoms with van der Waals surface area (Å²) < 4.78 is 37.3. The minimum Gasteiger partial charge on any atom is -0.497 e. The van der Waals surface area contributed by atoms with Crippen LogP contribution in [0.3, 0.4) is 0 Å². The van der Waals surface area contributed by atoms with Crippen LogP contribution in [0.2, 0.25) is 5.02 Å². The highest BCUT2D eigenvalue weighted by Crippen LogP contribution is 2.35. The summed E-state index contributed by atoms with van der Waals surface area (Å²) in [5, 5.41) is 9.56. The summed E-state index contributed by atoms with van der Waals surface area (Å²) >= 11 is 5.92. The minimum absolute atomic E-state index is 0.0143. The monoisotopic (exact) mass is 618 g/mol. The number of methoxy groups -OCH3 is 2. The number of thiol groups is 1. The molecule has 1 heterocycles. The van der Waals surface area contributed by atoms with Crippen molar-refractivity contribution in [2.24, 2.45) is 0 Å². The molecule has 0 unspecified atom stereocenters. The molecule has 43 heavy (non-hydrogen) atoms. The van der Waals surface area contributed by atoms with E-state index in [-0.39, 0.29) is 29.8 Å². The number of anilines is 6. The first-order valence-corrected chi connectivity index (χ1v) is 14.4. The maximum absolute atomic E-state index is 12.8. The lowest BCUT2D eigenvalue weighted by Gasteiger charge is -2.21. The highest BCUT2D eigenvalue weighted by Gasteiger charge is 2.21. The van der Waals surface area contributed by atoms with E-state index < -0.39 is 10.9 Å². The number of nitrogens with zero attached hydrogens (tertiary/aromatic N) is 3. The Kier molecular flexibility index (Phi) is 9.08. The Labute approximate surface area is 254 Å². The number of hydrogen-bond acceptors (Lipinski definition) is 9. The summed E-state index contributed by atoms with van der Waals surface area (Å²) in [5.41, 5.74) is 2.95. The molecule has 0 saturated carbocycles. The third-order valence-corrected chi connectivity index (χ3v) is 7.20. The summed E-state index contributed by atoms with van der Waals surface area (Å²) in [6.07, 6.45) is 0. The van der Waals surface area contributed by atoms with Crippen LogP contribution < -0.4 is 29.7 Å². The van der Waals surface area contributed by atoms with E-state index in [1.54, 1.807) is 84.9 Å². The molecule has 0 saturated heterocycles. The third-order valence-electron chi connectivity index (χ3n) is 6.20. The predicted octanol–water partition coefficient (Wildman–Crippen LogP) is 5.76. The fourth-order valence-electron chi connectivity index (χ4n) is 4.20. The Balaban J connectivity index is 1.47. The number of para-hydroxylation sites is 2. The molecule has 0 spiro atoms. The van der Waals surface area contributed by atoms with E-state index in [0.717, 1.165) is 9.99 Å². The number of aromatic nitrogens is 2. The number of benzene rings is 4. The van der Waals surface area contributed by atoms with Gasteiger partial charge < -0.3 is 25.4 Å². The Morgan fingerprint density at radius 2 is 1.49 bits per heavy atom. The van der Waals surface area contributed by atoms with Gasteiger partial charge in [-0.25, -0.2) is 22.7 Å². The smallest absolute Gasteiger partial charge is 0.243 e. The predicted molar refractivity (Wildman–Crippen MR) is 170 cm³/mol. The van der Waals surface area contributed by atoms with Gasteiger partial charge in [-0.05, 0) is 54.6 Å². The van der Waals surface area contributed by atoms with Crippen LogP contribution in [0.25, 0.3) is 11.0 Å². The van der Waals surface area contributed by atoms with Gasteiger partial charge in [0, 0.05) is 40.3 Å². The molecule has 0 aliphatic heterocycles. The van der Waals surface area contributed by atoms with Crippen molar-refractivity contribution < 1.29 is 22.7 Å². The highest BCUT2D eigenvalue weighted by molar-refractivity contribution is 7.74. The maximum atomic E-state index is 12.8. The molecule has 0 fully saturated rings. The Morgan fingerprint density at radius 1 is 0.814 bits per heavy atom. The van der Waals surface area contributed by atoms with Crippen molar-refractivity contribution in [3.8, 4) is 11.5 Å². The number of fused-ring (bicyclic) bond motifs is 1. The van der Waals surface area contributed by atoms with Crippen molar-refractivity contribution in [2.75, 3.05) is 41.0 Å². The van der Waals surface area contributed by atoms with Crippen LogP contribution in [0, 0.1) is 0 Å². The molecule has 0 radical (unpaired) electrons. The molecular weight excluding hydrogens is 592 g/mol. The quantitative estimate of drug-likeness (QED) is 0.136. The molecule has 1 aromatic heterocycles. The van der Waals surface area contributed by atoms with Gasteiger partial charge in [0.15, 0.2) is 11.6 Å². The minimum atomic E-state index is -3.25. The lowest BCUT2D eigenvalue weighted by Crippen LogP contribution is -2.22. The molecular formula is C30H27ClN6O5S. The van der Waals surface area contributed by atoms with E-state index in [2.05, 4.69) is 25.9 Å². The number of ether oxygens (including phenoxy) is 2. The zero-order valence-electron chi connectivity index (χ0n) is 23.1. The zero-order valence-corrected chi connectivity index (χ0v) is 24.7. The maximum Gasteiger partial charge on any atom is 0.243 e. The van der Waals surface area contributed by atoms with Crippen LogP contribution in [-0.2, 0) is 15.7 Å². The van der Waals surface area contributed by atoms with Gasteiger partial charge in [-0.3, -0.25) is 4.79 Å². The fourth-order valence-corrected chi connectivity index (χ4v) is 4.94. The third kappa shape index (κ3) is 7.23. The van der Waals surface area contributed by atoms with E-state index in [0.29, 0.717) is 38.9 Å². The second-order valence-electron chi connectivity index (χ2n) is 9.12. The van der Waals surface area contributed by atoms with Crippen molar-refractivity contribution in [3.63, 3.8) is 0 Å². The Morgan fingerprint density at radius 3 is 2.14 bits per heavy atom. The topological polar surface area (TPSA) is 135 Å². The van der Waals surface area contributed by atoms with E-state index in [4.69, 9.17) is 21.1 Å². The molecule has 11 nitrogen and oxygen atoms in total. The van der Waals surface area contributed by atoms with Crippen molar-refractivity contribution in [1.82, 2.24) is 9.97 Å². The van der Waals surface area contributed by atoms with Gasteiger partial charge in [0.25, 0.3) is 0 Å². The molecule has 0 aliphatic carbocycles. The molecule has 4 aromatic carbocycles. The molecule has 13 heteroatoms. The summed E-state index contributed by atoms with van der Waals surface area (Å²) in [7, 11) is -0.186. The zero-order chi connectivity index (χ0) is 30.3. The average molecular weight is 619 g/mol. The first kappa shape index (κ1) is 29.4. The van der Waals surface area contributed by atoms with E-state index >= 15 is 0 Å². The second kappa shape index (κ2) is 13.3. The van der Waals surface area contributed by atoms with Crippen LogP contribution in [-0.4, -0.2) is 45.1 Å². The van der Waals surface area contributed by atoms with Crippen LogP contribution >= 0.6 is 11.6 Å². The number of halogens is 1. The Bertz CT molecular complexity index is 1820. The highest BCUT2D eigenvalue weighted by atomic mass is 35.5. The number of hydrogen-bond donors (Lipinski definition) is 4. The standard InChI is InChI=1S/C30H27ClN6O5S/c1-41-24-15-22(16-25(17-24)42-2)34-29-30(36-27-9-4-3-8-26(27)35-29)37(43(39)40)23-7-5-6-21(14-23)33-28(38)18-32-20-12-10-19(31)11-13-20/h3-17,32,43H,18H2,1-2H3,(H,33,38)(H,34,35). The normalized spacial score (nSPS) is 10.8. The SMILES string of the molecule is COc1cc(Nc2nc3ccccc3nc2N(c2cccc(NC(=O)CNc3ccc(Cl)cc3)c2)[SH](=O)=O)cc(OC)c1. The second-order valence-corrected chi connectivity index (χ2v) is 10.4.